The van der Waals surface area contributed by atoms with Gasteiger partial charge in [-0.05, 0) is 24.6 Å². The van der Waals surface area contributed by atoms with Gasteiger partial charge in [0.15, 0.2) is 6.29 Å². The molecule has 6 nitrogen and oxygen atoms in total. The van der Waals surface area contributed by atoms with Crippen LogP contribution in [0.25, 0.3) is 0 Å². The first kappa shape index (κ1) is 16.3. The fourth-order valence-electron chi connectivity index (χ4n) is 1.96. The van der Waals surface area contributed by atoms with E-state index in [1.807, 2.05) is 0 Å². The number of aliphatic hydroxyl groups excluding tert-OH is 1. The van der Waals surface area contributed by atoms with Gasteiger partial charge in [-0.25, -0.2) is 17.5 Å². The van der Waals surface area contributed by atoms with Gasteiger partial charge in [-0.15, -0.1) is 0 Å². The van der Waals surface area contributed by atoms with Gasteiger partial charge in [0.1, 0.15) is 5.82 Å². The number of benzene rings is 1. The van der Waals surface area contributed by atoms with E-state index in [4.69, 9.17) is 9.47 Å². The molecule has 1 saturated heterocycles. The van der Waals surface area contributed by atoms with Gasteiger partial charge < -0.3 is 14.6 Å². The molecule has 1 fully saturated rings. The monoisotopic (exact) mass is 319 g/mol. The molecular formula is C13H18FNO5S. The number of sulfonamides is 1. The smallest absolute Gasteiger partial charge is 0.241 e. The van der Waals surface area contributed by atoms with Gasteiger partial charge in [-0.2, -0.15) is 0 Å². The molecular weight excluding hydrogens is 301 g/mol. The fraction of sp³-hybridized carbons (Fsp3) is 0.538. The molecule has 21 heavy (non-hydrogen) atoms. The second kappa shape index (κ2) is 6.80. The summed E-state index contributed by atoms with van der Waals surface area (Å²) in [6, 6.07) is 2.90. The Bertz CT molecular complexity index is 586. The third kappa shape index (κ3) is 4.21. The van der Waals surface area contributed by atoms with Gasteiger partial charge >= 0.3 is 0 Å². The summed E-state index contributed by atoms with van der Waals surface area (Å²) in [5.74, 6) is -0.596. The maximum Gasteiger partial charge on any atom is 0.241 e. The summed E-state index contributed by atoms with van der Waals surface area (Å²) in [4.78, 5) is -0.183. The average Bonchev–Trinajstić information content (AvgIpc) is 2.93. The molecule has 0 aromatic heterocycles. The largest absolute Gasteiger partial charge is 0.395 e. The van der Waals surface area contributed by atoms with Crippen molar-refractivity contribution in [2.75, 3.05) is 19.8 Å². The quantitative estimate of drug-likeness (QED) is 0.799. The molecule has 0 spiro atoms. The zero-order valence-corrected chi connectivity index (χ0v) is 12.4. The molecule has 1 atom stereocenters. The number of hydrogen-bond donors (Lipinski definition) is 2. The molecule has 0 bridgehead atoms. The Morgan fingerprint density at radius 1 is 1.43 bits per heavy atom. The van der Waals surface area contributed by atoms with Crippen molar-refractivity contribution in [1.29, 1.82) is 0 Å². The molecule has 1 heterocycles. The van der Waals surface area contributed by atoms with E-state index >= 15 is 0 Å². The predicted molar refractivity (Wildman–Crippen MR) is 72.6 cm³/mol. The SMILES string of the molecule is Cc1ccc(S(=O)(=O)NC(CO)CC2OCCO2)cc1F. The van der Waals surface area contributed by atoms with E-state index in [-0.39, 0.29) is 11.3 Å². The van der Waals surface area contributed by atoms with E-state index in [1.54, 1.807) is 6.92 Å². The van der Waals surface area contributed by atoms with Crippen LogP contribution in [0.3, 0.4) is 0 Å². The summed E-state index contributed by atoms with van der Waals surface area (Å²) in [5.41, 5.74) is 0.361. The minimum Gasteiger partial charge on any atom is -0.395 e. The van der Waals surface area contributed by atoms with Gasteiger partial charge in [0.25, 0.3) is 0 Å². The van der Waals surface area contributed by atoms with Crippen LogP contribution in [0.5, 0.6) is 0 Å². The van der Waals surface area contributed by atoms with Crippen LogP contribution in [0.1, 0.15) is 12.0 Å². The number of rotatable bonds is 6. The van der Waals surface area contributed by atoms with Gasteiger partial charge in [-0.3, -0.25) is 0 Å². The summed E-state index contributed by atoms with van der Waals surface area (Å²) in [5, 5.41) is 9.28. The van der Waals surface area contributed by atoms with Crippen molar-refractivity contribution in [2.24, 2.45) is 0 Å². The second-order valence-electron chi connectivity index (χ2n) is 4.82. The normalized spacial score (nSPS) is 18.0. The number of nitrogens with one attached hydrogen (secondary N) is 1. The summed E-state index contributed by atoms with van der Waals surface area (Å²) < 4.78 is 50.6. The van der Waals surface area contributed by atoms with Crippen LogP contribution in [-0.4, -0.2) is 45.7 Å². The van der Waals surface area contributed by atoms with Gasteiger partial charge in [0.05, 0.1) is 24.7 Å². The van der Waals surface area contributed by atoms with Crippen molar-refractivity contribution < 1.29 is 27.4 Å². The number of aliphatic hydroxyl groups is 1. The molecule has 2 N–H and O–H groups in total. The van der Waals surface area contributed by atoms with Crippen molar-refractivity contribution in [1.82, 2.24) is 4.72 Å². The molecule has 0 radical (unpaired) electrons. The maximum absolute atomic E-state index is 13.5. The highest BCUT2D eigenvalue weighted by atomic mass is 32.2. The van der Waals surface area contributed by atoms with E-state index in [2.05, 4.69) is 4.72 Å². The summed E-state index contributed by atoms with van der Waals surface area (Å²) in [7, 11) is -3.91. The minimum absolute atomic E-state index is 0.183. The van der Waals surface area contributed by atoms with Crippen LogP contribution >= 0.6 is 0 Å². The Hall–Kier alpha value is -1.06. The topological polar surface area (TPSA) is 84.9 Å². The molecule has 118 valence electrons. The first-order chi connectivity index (χ1) is 9.92. The first-order valence-electron chi connectivity index (χ1n) is 6.55. The zero-order valence-electron chi connectivity index (χ0n) is 11.6. The van der Waals surface area contributed by atoms with Crippen molar-refractivity contribution in [3.63, 3.8) is 0 Å². The van der Waals surface area contributed by atoms with Crippen molar-refractivity contribution in [3.05, 3.63) is 29.6 Å². The molecule has 1 aromatic carbocycles. The number of hydrogen-bond acceptors (Lipinski definition) is 5. The van der Waals surface area contributed by atoms with Crippen molar-refractivity contribution in [2.45, 2.75) is 30.6 Å². The molecule has 8 heteroatoms. The lowest BCUT2D eigenvalue weighted by atomic mass is 10.2. The Morgan fingerprint density at radius 3 is 2.67 bits per heavy atom. The molecule has 2 rings (SSSR count). The summed E-state index contributed by atoms with van der Waals surface area (Å²) in [6.07, 6.45) is -0.357. The van der Waals surface area contributed by atoms with Crippen LogP contribution in [0.4, 0.5) is 4.39 Å². The molecule has 1 aliphatic heterocycles. The Kier molecular flexibility index (Phi) is 5.28. The summed E-state index contributed by atoms with van der Waals surface area (Å²) >= 11 is 0. The minimum atomic E-state index is -3.91. The van der Waals surface area contributed by atoms with Crippen molar-refractivity contribution >= 4 is 10.0 Å². The maximum atomic E-state index is 13.5. The van der Waals surface area contributed by atoms with E-state index in [1.165, 1.54) is 12.1 Å². The fourth-order valence-corrected chi connectivity index (χ4v) is 3.22. The molecule has 0 aliphatic carbocycles. The summed E-state index contributed by atoms with van der Waals surface area (Å²) in [6.45, 7) is 2.03. The van der Waals surface area contributed by atoms with Crippen LogP contribution in [0, 0.1) is 12.7 Å². The number of aryl methyl sites for hydroxylation is 1. The lowest BCUT2D eigenvalue weighted by molar-refractivity contribution is -0.0543. The Labute approximate surface area is 122 Å². The molecule has 1 aliphatic rings. The van der Waals surface area contributed by atoms with Crippen LogP contribution in [0.2, 0.25) is 0 Å². The Morgan fingerprint density at radius 2 is 2.10 bits per heavy atom. The van der Waals surface area contributed by atoms with Crippen LogP contribution in [0.15, 0.2) is 23.1 Å². The zero-order chi connectivity index (χ0) is 15.5. The highest BCUT2D eigenvalue weighted by Crippen LogP contribution is 2.16. The Balaban J connectivity index is 2.08. The second-order valence-corrected chi connectivity index (χ2v) is 6.53. The number of halogens is 1. The highest BCUT2D eigenvalue weighted by molar-refractivity contribution is 7.89. The highest BCUT2D eigenvalue weighted by Gasteiger charge is 2.25. The first-order valence-corrected chi connectivity index (χ1v) is 8.03. The van der Waals surface area contributed by atoms with E-state index in [0.29, 0.717) is 18.8 Å². The third-order valence-electron chi connectivity index (χ3n) is 3.16. The third-order valence-corrected chi connectivity index (χ3v) is 4.68. The molecule has 0 amide bonds. The van der Waals surface area contributed by atoms with Crippen LogP contribution < -0.4 is 4.72 Å². The van der Waals surface area contributed by atoms with E-state index in [0.717, 1.165) is 6.07 Å². The van der Waals surface area contributed by atoms with Gasteiger partial charge in [0.2, 0.25) is 10.0 Å². The molecule has 1 aromatic rings. The number of ether oxygens (including phenoxy) is 2. The molecule has 0 saturated carbocycles. The predicted octanol–water partition coefficient (Wildman–Crippen LogP) is 0.536. The van der Waals surface area contributed by atoms with Gasteiger partial charge in [0, 0.05) is 12.5 Å². The molecule has 1 unspecified atom stereocenters. The average molecular weight is 319 g/mol. The lowest BCUT2D eigenvalue weighted by Gasteiger charge is -2.19. The van der Waals surface area contributed by atoms with Crippen LogP contribution in [-0.2, 0) is 19.5 Å². The van der Waals surface area contributed by atoms with E-state index in [9.17, 15) is 17.9 Å². The standard InChI is InChI=1S/C13H18FNO5S/c1-9-2-3-11(7-12(9)14)21(17,18)15-10(8-16)6-13-19-4-5-20-13/h2-3,7,10,13,15-16H,4-6,8H2,1H3. The van der Waals surface area contributed by atoms with Gasteiger partial charge in [-0.1, -0.05) is 6.07 Å². The van der Waals surface area contributed by atoms with E-state index < -0.39 is 34.8 Å². The lowest BCUT2D eigenvalue weighted by Crippen LogP contribution is -2.40. The van der Waals surface area contributed by atoms with Crippen molar-refractivity contribution in [3.8, 4) is 0 Å².